The number of rotatable bonds is 5. The normalized spacial score (nSPS) is 23.1. The van der Waals surface area contributed by atoms with Gasteiger partial charge in [-0.2, -0.15) is 5.10 Å². The summed E-state index contributed by atoms with van der Waals surface area (Å²) in [7, 11) is 3.90. The van der Waals surface area contributed by atoms with E-state index in [1.165, 1.54) is 4.68 Å². The van der Waals surface area contributed by atoms with Gasteiger partial charge in [-0.25, -0.2) is 18.3 Å². The van der Waals surface area contributed by atoms with Crippen molar-refractivity contribution in [1.82, 2.24) is 24.6 Å². The highest BCUT2D eigenvalue weighted by atomic mass is 19.3. The fourth-order valence-electron chi connectivity index (χ4n) is 3.83. The molecule has 1 aromatic rings. The molecule has 0 radical (unpaired) electrons. The van der Waals surface area contributed by atoms with Crippen LogP contribution in [0.5, 0.6) is 0 Å². The molecule has 9 heteroatoms. The van der Waals surface area contributed by atoms with Gasteiger partial charge in [0.15, 0.2) is 0 Å². The zero-order valence-electron chi connectivity index (χ0n) is 16.1. The first-order valence-corrected chi connectivity index (χ1v) is 9.74. The number of likely N-dealkylation sites (N-methyl/N-ethyl adjacent to an activating group) is 1. The topological polar surface area (TPSA) is 72.2 Å². The maximum absolute atomic E-state index is 13.3. The van der Waals surface area contributed by atoms with E-state index in [0.29, 0.717) is 32.4 Å². The molecule has 2 heterocycles. The quantitative estimate of drug-likeness (QED) is 0.828. The molecule has 0 aromatic carbocycles. The zero-order valence-corrected chi connectivity index (χ0v) is 16.1. The van der Waals surface area contributed by atoms with Crippen molar-refractivity contribution in [1.29, 1.82) is 0 Å². The van der Waals surface area contributed by atoms with Crippen molar-refractivity contribution in [3.63, 3.8) is 0 Å². The molecule has 1 unspecified atom stereocenters. The van der Waals surface area contributed by atoms with Crippen LogP contribution in [-0.2, 0) is 24.3 Å². The molecule has 0 bridgehead atoms. The fraction of sp³-hybridized carbons (Fsp3) is 0.833. The van der Waals surface area contributed by atoms with Crippen molar-refractivity contribution in [3.05, 3.63) is 16.3 Å². The Morgan fingerprint density at radius 3 is 2.63 bits per heavy atom. The molecule has 3 rings (SSSR count). The van der Waals surface area contributed by atoms with Crippen molar-refractivity contribution in [3.8, 4) is 0 Å². The third-order valence-corrected chi connectivity index (χ3v) is 5.61. The Labute approximate surface area is 157 Å². The predicted octanol–water partition coefficient (Wildman–Crippen LogP) is 1.25. The summed E-state index contributed by atoms with van der Waals surface area (Å²) in [6.45, 7) is 1.82. The Kier molecular flexibility index (Phi) is 5.98. The van der Waals surface area contributed by atoms with Crippen molar-refractivity contribution in [2.75, 3.05) is 20.6 Å². The van der Waals surface area contributed by atoms with Crippen LogP contribution < -0.4 is 11.0 Å². The van der Waals surface area contributed by atoms with Crippen molar-refractivity contribution < 1.29 is 13.6 Å². The van der Waals surface area contributed by atoms with Gasteiger partial charge >= 0.3 is 5.69 Å². The molecule has 1 amide bonds. The number of aryl methyl sites for hydroxylation is 1. The van der Waals surface area contributed by atoms with Crippen molar-refractivity contribution >= 4 is 5.91 Å². The Hall–Kier alpha value is -1.77. The number of hydrogen-bond acceptors (Lipinski definition) is 4. The first-order chi connectivity index (χ1) is 12.7. The molecular formula is C18H29F2N5O2. The maximum Gasteiger partial charge on any atom is 0.345 e. The molecule has 152 valence electrons. The lowest BCUT2D eigenvalue weighted by molar-refractivity contribution is -0.129. The molecule has 1 fully saturated rings. The molecule has 1 aliphatic heterocycles. The number of nitrogens with one attached hydrogen (secondary N) is 1. The van der Waals surface area contributed by atoms with Crippen LogP contribution in [0.4, 0.5) is 8.78 Å². The number of carbonyl (C=O) groups excluding carboxylic acids is 1. The van der Waals surface area contributed by atoms with Crippen LogP contribution in [0.2, 0.25) is 0 Å². The monoisotopic (exact) mass is 385 g/mol. The smallest absolute Gasteiger partial charge is 0.345 e. The summed E-state index contributed by atoms with van der Waals surface area (Å²) in [6, 6.07) is -0.0451. The minimum absolute atomic E-state index is 0.0451. The minimum Gasteiger partial charge on any atom is -0.353 e. The standard InChI is InChI=1S/C18H29F2N5O2/c1-23(2)11-12-25-17(27)24-10-7-14(3-4-15(24)22-25)21-16(26)13-5-8-18(19,20)9-6-13/h13-14H,3-12H2,1-2H3,(H,21,26). The van der Waals surface area contributed by atoms with Crippen LogP contribution in [0.25, 0.3) is 0 Å². The van der Waals surface area contributed by atoms with Crippen LogP contribution in [0.3, 0.4) is 0 Å². The highest BCUT2D eigenvalue weighted by Crippen LogP contribution is 2.36. The third kappa shape index (κ3) is 4.94. The molecule has 1 atom stereocenters. The molecule has 1 N–H and O–H groups in total. The number of aromatic nitrogens is 3. The first kappa shape index (κ1) is 20.0. The van der Waals surface area contributed by atoms with Gasteiger partial charge in [0.05, 0.1) is 6.54 Å². The lowest BCUT2D eigenvalue weighted by Crippen LogP contribution is -2.41. The van der Waals surface area contributed by atoms with E-state index in [1.807, 2.05) is 19.0 Å². The third-order valence-electron chi connectivity index (χ3n) is 5.61. The number of halogens is 2. The van der Waals surface area contributed by atoms with Crippen LogP contribution >= 0.6 is 0 Å². The van der Waals surface area contributed by atoms with E-state index in [0.717, 1.165) is 12.4 Å². The molecule has 2 aliphatic rings. The van der Waals surface area contributed by atoms with E-state index in [4.69, 9.17) is 0 Å². The van der Waals surface area contributed by atoms with Gasteiger partial charge in [0.25, 0.3) is 0 Å². The summed E-state index contributed by atoms with van der Waals surface area (Å²) in [6.07, 6.45) is 2.04. The van der Waals surface area contributed by atoms with Gasteiger partial charge in [-0.05, 0) is 39.8 Å². The summed E-state index contributed by atoms with van der Waals surface area (Å²) in [4.78, 5) is 26.9. The average Bonchev–Trinajstić information content (AvgIpc) is 2.76. The number of alkyl halides is 2. The summed E-state index contributed by atoms with van der Waals surface area (Å²) >= 11 is 0. The molecule has 0 spiro atoms. The maximum atomic E-state index is 13.3. The number of carbonyl (C=O) groups is 1. The molecule has 27 heavy (non-hydrogen) atoms. The van der Waals surface area contributed by atoms with Gasteiger partial charge < -0.3 is 10.2 Å². The van der Waals surface area contributed by atoms with Crippen LogP contribution in [0.1, 0.15) is 44.3 Å². The van der Waals surface area contributed by atoms with Gasteiger partial charge in [0.1, 0.15) is 5.82 Å². The Morgan fingerprint density at radius 1 is 1.26 bits per heavy atom. The van der Waals surface area contributed by atoms with Crippen molar-refractivity contribution in [2.24, 2.45) is 5.92 Å². The second-order valence-corrected chi connectivity index (χ2v) is 8.04. The number of fused-ring (bicyclic) bond motifs is 1. The van der Waals surface area contributed by atoms with Gasteiger partial charge in [-0.1, -0.05) is 0 Å². The van der Waals surface area contributed by atoms with Crippen LogP contribution in [0.15, 0.2) is 4.79 Å². The minimum atomic E-state index is -2.62. The Bertz CT molecular complexity index is 718. The largest absolute Gasteiger partial charge is 0.353 e. The lowest BCUT2D eigenvalue weighted by atomic mass is 9.86. The van der Waals surface area contributed by atoms with Crippen LogP contribution in [0, 0.1) is 5.92 Å². The second kappa shape index (κ2) is 8.08. The number of amides is 1. The fourth-order valence-corrected chi connectivity index (χ4v) is 3.83. The zero-order chi connectivity index (χ0) is 19.6. The predicted molar refractivity (Wildman–Crippen MR) is 96.8 cm³/mol. The first-order valence-electron chi connectivity index (χ1n) is 9.74. The van der Waals surface area contributed by atoms with Gasteiger partial charge in [-0.15, -0.1) is 0 Å². The summed E-state index contributed by atoms with van der Waals surface area (Å²) in [5.41, 5.74) is -0.103. The molecular weight excluding hydrogens is 356 g/mol. The molecule has 0 saturated heterocycles. The number of hydrogen-bond donors (Lipinski definition) is 1. The summed E-state index contributed by atoms with van der Waals surface area (Å²) < 4.78 is 29.7. The summed E-state index contributed by atoms with van der Waals surface area (Å²) in [5, 5.41) is 7.46. The molecule has 1 saturated carbocycles. The second-order valence-electron chi connectivity index (χ2n) is 8.04. The Morgan fingerprint density at radius 2 is 1.96 bits per heavy atom. The molecule has 1 aromatic heterocycles. The molecule has 7 nitrogen and oxygen atoms in total. The number of nitrogens with zero attached hydrogens (tertiary/aromatic N) is 4. The SMILES string of the molecule is CN(C)CCn1nc2n(c1=O)CCC(NC(=O)C1CCC(F)(F)CC1)CC2. The van der Waals surface area contributed by atoms with E-state index >= 15 is 0 Å². The van der Waals surface area contributed by atoms with E-state index in [9.17, 15) is 18.4 Å². The van der Waals surface area contributed by atoms with E-state index < -0.39 is 5.92 Å². The van der Waals surface area contributed by atoms with Crippen molar-refractivity contribution in [2.45, 2.75) is 70.0 Å². The van der Waals surface area contributed by atoms with Gasteiger partial charge in [0.2, 0.25) is 11.8 Å². The lowest BCUT2D eigenvalue weighted by Gasteiger charge is -2.28. The van der Waals surface area contributed by atoms with E-state index in [-0.39, 0.29) is 49.2 Å². The average molecular weight is 385 g/mol. The van der Waals surface area contributed by atoms with Crippen LogP contribution in [-0.4, -0.2) is 57.8 Å². The van der Waals surface area contributed by atoms with Gasteiger partial charge in [0, 0.05) is 44.3 Å². The van der Waals surface area contributed by atoms with Gasteiger partial charge in [-0.3, -0.25) is 9.36 Å². The van der Waals surface area contributed by atoms with E-state index in [2.05, 4.69) is 10.4 Å². The molecule has 1 aliphatic carbocycles. The van der Waals surface area contributed by atoms with E-state index in [1.54, 1.807) is 4.57 Å². The highest BCUT2D eigenvalue weighted by molar-refractivity contribution is 5.79. The summed E-state index contributed by atoms with van der Waals surface area (Å²) in [5.74, 6) is -2.32. The Balaban J connectivity index is 1.54. The highest BCUT2D eigenvalue weighted by Gasteiger charge is 2.37.